The Bertz CT molecular complexity index is 2370. The zero-order chi connectivity index (χ0) is 40.5. The summed E-state index contributed by atoms with van der Waals surface area (Å²) in [5, 5.41) is 23.2. The summed E-state index contributed by atoms with van der Waals surface area (Å²) in [7, 11) is 1.72. The number of halogens is 5. The molecule has 0 aliphatic carbocycles. The van der Waals surface area contributed by atoms with E-state index in [1.165, 1.54) is 60.7 Å². The van der Waals surface area contributed by atoms with E-state index < -0.39 is 53.2 Å². The van der Waals surface area contributed by atoms with Crippen molar-refractivity contribution < 1.29 is 54.6 Å². The standard InChI is InChI=1S/C42H35F4IN2O8/c1-39(2)30-6-4-5-7-34(30)47(57-39)41(43,44)42(45,46)55-28-13-8-24(9-14-28)18-19-49(3)23-37(52)48-25-10-15-29-33(20-25)40(56-38(29)53)31-16-11-26(50)21-35(31)54-36-22-27(51)12-17-32(36)40/h4-17,20-22,50-51H,18-19,23H2,1-3H3,(H,48,52). The fraction of sp³-hybridized carbons (Fsp3) is 0.238. The van der Waals surface area contributed by atoms with Crippen molar-refractivity contribution in [3.8, 4) is 28.7 Å². The summed E-state index contributed by atoms with van der Waals surface area (Å²) in [4.78, 5) is 28.2. The minimum atomic E-state index is -4.82. The monoisotopic (exact) mass is 898 g/mol. The van der Waals surface area contributed by atoms with Gasteiger partial charge in [0.25, 0.3) is 0 Å². The molecule has 3 heterocycles. The van der Waals surface area contributed by atoms with Crippen LogP contribution >= 0.6 is 20.2 Å². The van der Waals surface area contributed by atoms with Crippen LogP contribution in [0.25, 0.3) is 0 Å². The van der Waals surface area contributed by atoms with Crippen molar-refractivity contribution in [3.05, 3.63) is 140 Å². The molecule has 10 nitrogen and oxygen atoms in total. The molecule has 0 atom stereocenters. The Morgan fingerprint density at radius 1 is 0.842 bits per heavy atom. The number of ether oxygens (including phenoxy) is 3. The van der Waals surface area contributed by atoms with E-state index in [1.807, 2.05) is 0 Å². The van der Waals surface area contributed by atoms with Crippen molar-refractivity contribution >= 4 is 37.8 Å². The molecule has 1 amide bonds. The number of nitrogens with one attached hydrogen (secondary N) is 1. The number of rotatable bonds is 10. The average Bonchev–Trinajstić information content (AvgIpc) is 3.60. The quantitative estimate of drug-likeness (QED) is 0.0546. The number of hydrogen-bond donors (Lipinski definition) is 3. The Kier molecular flexibility index (Phi) is 9.39. The van der Waals surface area contributed by atoms with E-state index in [0.717, 1.165) is 0 Å². The summed E-state index contributed by atoms with van der Waals surface area (Å²) in [6, 6.07) is 25.2. The van der Waals surface area contributed by atoms with E-state index in [4.69, 9.17) is 12.5 Å². The van der Waals surface area contributed by atoms with Crippen molar-refractivity contribution in [2.75, 3.05) is 25.5 Å². The third kappa shape index (κ3) is 6.70. The van der Waals surface area contributed by atoms with Gasteiger partial charge in [-0.25, -0.2) is 4.79 Å². The van der Waals surface area contributed by atoms with Gasteiger partial charge >= 0.3 is 187 Å². The molecule has 3 aliphatic rings. The van der Waals surface area contributed by atoms with Crippen LogP contribution in [0.5, 0.6) is 28.7 Å². The fourth-order valence-corrected chi connectivity index (χ4v) is 12.4. The first kappa shape index (κ1) is 38.5. The second kappa shape index (κ2) is 13.9. The van der Waals surface area contributed by atoms with Gasteiger partial charge in [0.2, 0.25) is 0 Å². The van der Waals surface area contributed by atoms with Crippen LogP contribution < -0.4 is 14.8 Å². The zero-order valence-corrected chi connectivity index (χ0v) is 32.8. The zero-order valence-electron chi connectivity index (χ0n) is 30.6. The van der Waals surface area contributed by atoms with E-state index in [-0.39, 0.29) is 44.6 Å². The number of carbonyl (C=O) groups excluding carboxylic acids is 2. The van der Waals surface area contributed by atoms with Crippen molar-refractivity contribution in [2.45, 2.75) is 41.5 Å². The van der Waals surface area contributed by atoms with Crippen molar-refractivity contribution in [1.82, 2.24) is 4.90 Å². The van der Waals surface area contributed by atoms with Gasteiger partial charge in [-0.1, -0.05) is 0 Å². The molecule has 0 bridgehead atoms. The number of anilines is 1. The minimum Gasteiger partial charge on any atom is -0.508 e. The number of alkyl halides is 5. The Labute approximate surface area is 331 Å². The first-order valence-corrected chi connectivity index (χ1v) is 20.8. The molecule has 0 fully saturated rings. The van der Waals surface area contributed by atoms with E-state index in [2.05, 4.69) is 10.1 Å². The molecular weight excluding hydrogens is 863 g/mol. The predicted octanol–water partition coefficient (Wildman–Crippen LogP) is 8.90. The van der Waals surface area contributed by atoms with Crippen LogP contribution in [0.15, 0.2) is 103 Å². The molecule has 0 aromatic heterocycles. The van der Waals surface area contributed by atoms with Gasteiger partial charge in [-0.3, -0.25) is 4.79 Å². The molecular formula is C42H35F4IN2O8. The summed E-state index contributed by atoms with van der Waals surface area (Å²) in [5.74, 6) is -1.12. The van der Waals surface area contributed by atoms with Crippen LogP contribution in [0, 0.1) is 3.57 Å². The molecule has 3 N–H and O–H groups in total. The van der Waals surface area contributed by atoms with Crippen LogP contribution in [-0.2, 0) is 30.2 Å². The maximum absolute atomic E-state index is 15.4. The van der Waals surface area contributed by atoms with Crippen LogP contribution in [0.2, 0.25) is 0 Å². The van der Waals surface area contributed by atoms with Gasteiger partial charge in [-0.05, 0) is 42.5 Å². The van der Waals surface area contributed by atoms with Gasteiger partial charge in [-0.15, -0.1) is 0 Å². The second-order valence-corrected chi connectivity index (χ2v) is 18.8. The summed E-state index contributed by atoms with van der Waals surface area (Å²) < 4.78 is 79.0. The van der Waals surface area contributed by atoms with Crippen LogP contribution in [-0.4, -0.2) is 57.2 Å². The summed E-state index contributed by atoms with van der Waals surface area (Å²) in [6.07, 6.45) is -4.42. The molecule has 3 aliphatic heterocycles. The average molecular weight is 899 g/mol. The van der Waals surface area contributed by atoms with Crippen molar-refractivity contribution in [3.63, 3.8) is 0 Å². The van der Waals surface area contributed by atoms with Crippen molar-refractivity contribution in [2.24, 2.45) is 0 Å². The maximum atomic E-state index is 15.4. The second-order valence-electron chi connectivity index (χ2n) is 14.4. The molecule has 0 radical (unpaired) electrons. The number of esters is 1. The predicted molar refractivity (Wildman–Crippen MR) is 208 cm³/mol. The minimum absolute atomic E-state index is 0.0359. The van der Waals surface area contributed by atoms with Gasteiger partial charge in [-0.2, -0.15) is 0 Å². The Balaban J connectivity index is 0.911. The number of phenolic OH excluding ortho intramolecular Hbond substituents is 2. The molecule has 0 unspecified atom stereocenters. The number of benzene rings is 5. The Morgan fingerprint density at radius 3 is 2.16 bits per heavy atom. The normalized spacial score (nSPS) is 16.6. The number of phenols is 2. The first-order chi connectivity index (χ1) is 27.0. The van der Waals surface area contributed by atoms with Gasteiger partial charge < -0.3 is 25.0 Å². The number of carbonyl (C=O) groups is 2. The van der Waals surface area contributed by atoms with E-state index >= 15 is 17.6 Å². The molecule has 8 rings (SSSR count). The summed E-state index contributed by atoms with van der Waals surface area (Å²) in [6.45, 7) is 3.51. The van der Waals surface area contributed by atoms with E-state index in [9.17, 15) is 19.8 Å². The van der Waals surface area contributed by atoms with Gasteiger partial charge in [0, 0.05) is 34.5 Å². The molecule has 5 aromatic carbocycles. The third-order valence-electron chi connectivity index (χ3n) is 9.95. The molecule has 0 saturated carbocycles. The van der Waals surface area contributed by atoms with Crippen LogP contribution in [0.3, 0.4) is 0 Å². The molecule has 15 heteroatoms. The molecule has 5 aromatic rings. The molecule has 1 spiro atoms. The fourth-order valence-electron chi connectivity index (χ4n) is 7.20. The molecule has 57 heavy (non-hydrogen) atoms. The number of likely N-dealkylation sites (N-methyl/N-ethyl adjacent to an activating group) is 1. The number of hydrogen-bond acceptors (Lipinski definition) is 9. The van der Waals surface area contributed by atoms with E-state index in [1.54, 1.807) is 68.3 Å². The molecule has 0 saturated heterocycles. The van der Waals surface area contributed by atoms with Gasteiger partial charge in [0.15, 0.2) is 5.60 Å². The van der Waals surface area contributed by atoms with Gasteiger partial charge in [0.05, 0.1) is 5.56 Å². The number of aromatic hydroxyl groups is 2. The topological polar surface area (TPSA) is 127 Å². The first-order valence-electron chi connectivity index (χ1n) is 17.7. The SMILES string of the molecule is CN(CCc1ccc(OC(F)(F)C(F)(F)I2OC(C)(C)c3ccccc32)cc1)CC(=O)Nc1ccc2c(c1)C1(OC2=O)c2ccc(O)cc2Oc2cc(O)ccc21. The van der Waals surface area contributed by atoms with Crippen molar-refractivity contribution in [1.29, 1.82) is 0 Å². The Hall–Kier alpha value is -5.39. The third-order valence-corrected chi connectivity index (χ3v) is 15.3. The van der Waals surface area contributed by atoms with Crippen LogP contribution in [0.1, 0.15) is 52.0 Å². The summed E-state index contributed by atoms with van der Waals surface area (Å²) >= 11 is -4.20. The summed E-state index contributed by atoms with van der Waals surface area (Å²) in [5.41, 5.74) is 0.503. The van der Waals surface area contributed by atoms with Crippen LogP contribution in [0.4, 0.5) is 23.2 Å². The smallest absolute Gasteiger partial charge is 0.508 e. The number of nitrogens with zero attached hydrogens (tertiary/aromatic N) is 1. The van der Waals surface area contributed by atoms with E-state index in [0.29, 0.717) is 46.5 Å². The van der Waals surface area contributed by atoms with Gasteiger partial charge in [0.1, 0.15) is 23.0 Å². The Morgan fingerprint density at radius 2 is 1.49 bits per heavy atom. The molecule has 296 valence electrons. The number of amides is 1. The number of fused-ring (bicyclic) bond motifs is 7.